The van der Waals surface area contributed by atoms with E-state index in [4.69, 9.17) is 5.11 Å². The number of hydrogen-bond donors (Lipinski definition) is 2. The van der Waals surface area contributed by atoms with Crippen molar-refractivity contribution in [1.82, 2.24) is 5.32 Å². The van der Waals surface area contributed by atoms with Gasteiger partial charge in [-0.2, -0.15) is 0 Å². The molecule has 78 valence electrons. The SMILES string of the molecule is B.C1CCNCC1.Oc1ccccc1. The number of piperidine rings is 1. The lowest BCUT2D eigenvalue weighted by Gasteiger charge is -2.08. The molecule has 0 radical (unpaired) electrons. The molecule has 0 aromatic heterocycles. The number of rotatable bonds is 0. The van der Waals surface area contributed by atoms with Crippen molar-refractivity contribution in [2.75, 3.05) is 13.1 Å². The third-order valence-electron chi connectivity index (χ3n) is 1.96. The topological polar surface area (TPSA) is 32.3 Å². The van der Waals surface area contributed by atoms with Crippen molar-refractivity contribution in [3.8, 4) is 5.75 Å². The zero-order valence-electron chi connectivity index (χ0n) is 7.87. The van der Waals surface area contributed by atoms with Gasteiger partial charge in [0.25, 0.3) is 0 Å². The first-order valence-electron chi connectivity index (χ1n) is 4.84. The molecule has 1 aromatic carbocycles. The van der Waals surface area contributed by atoms with Crippen LogP contribution in [-0.2, 0) is 0 Å². The second-order valence-electron chi connectivity index (χ2n) is 3.15. The van der Waals surface area contributed by atoms with Gasteiger partial charge < -0.3 is 10.4 Å². The zero-order valence-corrected chi connectivity index (χ0v) is 7.87. The molecular formula is C11H20BNO. The Morgan fingerprint density at radius 2 is 1.50 bits per heavy atom. The molecule has 0 bridgehead atoms. The predicted octanol–water partition coefficient (Wildman–Crippen LogP) is 0.968. The van der Waals surface area contributed by atoms with Crippen molar-refractivity contribution in [1.29, 1.82) is 0 Å². The number of aromatic hydroxyl groups is 1. The Labute approximate surface area is 87.9 Å². The fraction of sp³-hybridized carbons (Fsp3) is 0.455. The standard InChI is InChI=1S/C6H6O.C5H11N.BH3/c7-6-4-2-1-3-5-6;1-2-4-6-5-3-1;/h1-5,7H;6H,1-5H2;1H3. The van der Waals surface area contributed by atoms with Crippen LogP contribution in [0, 0.1) is 0 Å². The maximum absolute atomic E-state index is 8.63. The summed E-state index contributed by atoms with van der Waals surface area (Å²) >= 11 is 0. The maximum Gasteiger partial charge on any atom is 0.115 e. The van der Waals surface area contributed by atoms with Crippen LogP contribution in [0.5, 0.6) is 5.75 Å². The molecule has 0 aliphatic carbocycles. The normalized spacial score (nSPS) is 14.6. The molecular weight excluding hydrogens is 173 g/mol. The van der Waals surface area contributed by atoms with Gasteiger partial charge in [-0.25, -0.2) is 0 Å². The van der Waals surface area contributed by atoms with Crippen molar-refractivity contribution in [2.24, 2.45) is 0 Å². The Hall–Kier alpha value is -0.955. The van der Waals surface area contributed by atoms with Crippen molar-refractivity contribution >= 4 is 8.41 Å². The summed E-state index contributed by atoms with van der Waals surface area (Å²) < 4.78 is 0. The first-order chi connectivity index (χ1) is 6.39. The molecule has 0 saturated carbocycles. The average molecular weight is 193 g/mol. The second-order valence-corrected chi connectivity index (χ2v) is 3.15. The Kier molecular flexibility index (Phi) is 8.05. The van der Waals surface area contributed by atoms with Crippen LogP contribution in [-0.4, -0.2) is 26.6 Å². The molecule has 1 saturated heterocycles. The van der Waals surface area contributed by atoms with E-state index in [0.717, 1.165) is 0 Å². The van der Waals surface area contributed by atoms with Gasteiger partial charge in [0, 0.05) is 0 Å². The maximum atomic E-state index is 8.63. The highest BCUT2D eigenvalue weighted by atomic mass is 16.3. The average Bonchev–Trinajstić information content (AvgIpc) is 2.22. The van der Waals surface area contributed by atoms with Crippen molar-refractivity contribution in [3.63, 3.8) is 0 Å². The van der Waals surface area contributed by atoms with Crippen LogP contribution in [0.3, 0.4) is 0 Å². The van der Waals surface area contributed by atoms with Crippen molar-refractivity contribution in [3.05, 3.63) is 30.3 Å². The molecule has 1 aliphatic rings. The molecule has 1 aliphatic heterocycles. The van der Waals surface area contributed by atoms with Crippen LogP contribution in [0.4, 0.5) is 0 Å². The van der Waals surface area contributed by atoms with Gasteiger partial charge in [-0.1, -0.05) is 24.6 Å². The number of benzene rings is 1. The number of nitrogens with one attached hydrogen (secondary N) is 1. The van der Waals surface area contributed by atoms with Gasteiger partial charge in [-0.05, 0) is 38.1 Å². The van der Waals surface area contributed by atoms with E-state index in [9.17, 15) is 0 Å². The zero-order chi connectivity index (χ0) is 9.36. The Balaban J connectivity index is 0.000000227. The summed E-state index contributed by atoms with van der Waals surface area (Å²) in [4.78, 5) is 0. The summed E-state index contributed by atoms with van der Waals surface area (Å²) in [6, 6.07) is 8.71. The van der Waals surface area contributed by atoms with Crippen LogP contribution in [0.1, 0.15) is 19.3 Å². The van der Waals surface area contributed by atoms with E-state index < -0.39 is 0 Å². The molecule has 3 heteroatoms. The van der Waals surface area contributed by atoms with Crippen LogP contribution < -0.4 is 5.32 Å². The fourth-order valence-electron chi connectivity index (χ4n) is 1.23. The van der Waals surface area contributed by atoms with Crippen LogP contribution >= 0.6 is 0 Å². The quantitative estimate of drug-likeness (QED) is 0.601. The smallest absolute Gasteiger partial charge is 0.115 e. The molecule has 2 nitrogen and oxygen atoms in total. The summed E-state index contributed by atoms with van der Waals surface area (Å²) in [5.41, 5.74) is 0. The minimum absolute atomic E-state index is 0. The van der Waals surface area contributed by atoms with Gasteiger partial charge in [-0.3, -0.25) is 0 Å². The molecule has 1 aromatic rings. The molecule has 1 heterocycles. The fourth-order valence-corrected chi connectivity index (χ4v) is 1.23. The van der Waals surface area contributed by atoms with Gasteiger partial charge in [0.1, 0.15) is 5.75 Å². The van der Waals surface area contributed by atoms with Gasteiger partial charge in [0.15, 0.2) is 0 Å². The summed E-state index contributed by atoms with van der Waals surface area (Å²) in [5.74, 6) is 0.322. The molecule has 14 heavy (non-hydrogen) atoms. The van der Waals surface area contributed by atoms with Crippen LogP contribution in [0.2, 0.25) is 0 Å². The van der Waals surface area contributed by atoms with E-state index in [1.807, 2.05) is 6.07 Å². The molecule has 2 N–H and O–H groups in total. The van der Waals surface area contributed by atoms with Crippen molar-refractivity contribution < 1.29 is 5.11 Å². The molecule has 0 spiro atoms. The lowest BCUT2D eigenvalue weighted by molar-refractivity contribution is 0.475. The largest absolute Gasteiger partial charge is 0.508 e. The highest BCUT2D eigenvalue weighted by Crippen LogP contribution is 2.02. The lowest BCUT2D eigenvalue weighted by atomic mass is 10.2. The highest BCUT2D eigenvalue weighted by molar-refractivity contribution is 5.75. The third-order valence-corrected chi connectivity index (χ3v) is 1.96. The summed E-state index contributed by atoms with van der Waals surface area (Å²) in [6.45, 7) is 2.50. The number of para-hydroxylation sites is 1. The Morgan fingerprint density at radius 1 is 0.929 bits per heavy atom. The molecule has 2 rings (SSSR count). The number of phenolic OH excluding ortho intramolecular Hbond substituents is 1. The summed E-state index contributed by atoms with van der Waals surface area (Å²) in [7, 11) is 0. The molecule has 0 amide bonds. The highest BCUT2D eigenvalue weighted by Gasteiger charge is 1.93. The van der Waals surface area contributed by atoms with E-state index in [1.165, 1.54) is 32.4 Å². The predicted molar refractivity (Wildman–Crippen MR) is 64.8 cm³/mol. The van der Waals surface area contributed by atoms with Crippen molar-refractivity contribution in [2.45, 2.75) is 19.3 Å². The van der Waals surface area contributed by atoms with Crippen LogP contribution in [0.15, 0.2) is 30.3 Å². The van der Waals surface area contributed by atoms with E-state index in [1.54, 1.807) is 24.3 Å². The summed E-state index contributed by atoms with van der Waals surface area (Å²) in [6.07, 6.45) is 4.22. The van der Waals surface area contributed by atoms with E-state index in [2.05, 4.69) is 5.32 Å². The molecule has 1 fully saturated rings. The minimum Gasteiger partial charge on any atom is -0.508 e. The van der Waals surface area contributed by atoms with Gasteiger partial charge >= 0.3 is 0 Å². The van der Waals surface area contributed by atoms with Crippen LogP contribution in [0.25, 0.3) is 0 Å². The molecule has 0 unspecified atom stereocenters. The Morgan fingerprint density at radius 3 is 1.71 bits per heavy atom. The second kappa shape index (κ2) is 8.63. The Bertz CT molecular complexity index is 200. The van der Waals surface area contributed by atoms with Gasteiger partial charge in [0.05, 0.1) is 8.41 Å². The first kappa shape index (κ1) is 13.0. The van der Waals surface area contributed by atoms with Gasteiger partial charge in [-0.15, -0.1) is 0 Å². The number of phenols is 1. The van der Waals surface area contributed by atoms with Gasteiger partial charge in [0.2, 0.25) is 0 Å². The summed E-state index contributed by atoms with van der Waals surface area (Å²) in [5, 5.41) is 11.9. The van der Waals surface area contributed by atoms with E-state index >= 15 is 0 Å². The monoisotopic (exact) mass is 193 g/mol. The third kappa shape index (κ3) is 6.55. The minimum atomic E-state index is 0. The lowest BCUT2D eigenvalue weighted by Crippen LogP contribution is -2.21. The molecule has 0 atom stereocenters. The van der Waals surface area contributed by atoms with E-state index in [-0.39, 0.29) is 8.41 Å². The van der Waals surface area contributed by atoms with E-state index in [0.29, 0.717) is 5.75 Å². The first-order valence-corrected chi connectivity index (χ1v) is 4.84. The number of hydrogen-bond acceptors (Lipinski definition) is 2.